The van der Waals surface area contributed by atoms with Crippen LogP contribution in [0.1, 0.15) is 43.7 Å². The van der Waals surface area contributed by atoms with Crippen LogP contribution in [-0.4, -0.2) is 0 Å². The summed E-state index contributed by atoms with van der Waals surface area (Å²) < 4.78 is 0. The van der Waals surface area contributed by atoms with E-state index in [1.54, 1.807) is 0 Å². The van der Waals surface area contributed by atoms with E-state index in [1.807, 2.05) is 18.2 Å². The second-order valence-electron chi connectivity index (χ2n) is 5.26. The number of benzene rings is 1. The average molecular weight is 248 g/mol. The van der Waals surface area contributed by atoms with E-state index in [9.17, 15) is 0 Å². The summed E-state index contributed by atoms with van der Waals surface area (Å²) in [6.45, 7) is 2.34. The van der Waals surface area contributed by atoms with Gasteiger partial charge in [0.05, 0.1) is 10.6 Å². The Morgan fingerprint density at radius 2 is 2.00 bits per heavy atom. The topological polar surface area (TPSA) is 23.8 Å². The maximum absolute atomic E-state index is 8.83. The molecule has 2 heteroatoms. The van der Waals surface area contributed by atoms with Crippen molar-refractivity contribution >= 4 is 11.6 Å². The summed E-state index contributed by atoms with van der Waals surface area (Å²) >= 11 is 6.05. The summed E-state index contributed by atoms with van der Waals surface area (Å²) in [7, 11) is 0. The van der Waals surface area contributed by atoms with Crippen molar-refractivity contribution in [3.05, 3.63) is 34.3 Å². The molecule has 1 aliphatic carbocycles. The summed E-state index contributed by atoms with van der Waals surface area (Å²) in [4.78, 5) is 0. The quantitative estimate of drug-likeness (QED) is 0.750. The lowest BCUT2D eigenvalue weighted by atomic mass is 9.80. The zero-order valence-corrected chi connectivity index (χ0v) is 11.0. The van der Waals surface area contributed by atoms with Crippen LogP contribution in [0.2, 0.25) is 5.02 Å². The van der Waals surface area contributed by atoms with E-state index in [1.165, 1.54) is 31.2 Å². The highest BCUT2D eigenvalue weighted by Crippen LogP contribution is 2.31. The van der Waals surface area contributed by atoms with Gasteiger partial charge in [0, 0.05) is 0 Å². The van der Waals surface area contributed by atoms with Gasteiger partial charge < -0.3 is 0 Å². The minimum absolute atomic E-state index is 0.577. The molecular formula is C15H18ClN. The van der Waals surface area contributed by atoms with Crippen LogP contribution in [-0.2, 0) is 6.42 Å². The number of halogens is 1. The Bertz CT molecular complexity index is 425. The number of hydrogen-bond donors (Lipinski definition) is 0. The number of nitriles is 1. The van der Waals surface area contributed by atoms with E-state index in [4.69, 9.17) is 16.9 Å². The van der Waals surface area contributed by atoms with Gasteiger partial charge in [-0.25, -0.2) is 0 Å². The predicted octanol–water partition coefficient (Wildman–Crippen LogP) is 4.58. The van der Waals surface area contributed by atoms with Crippen molar-refractivity contribution < 1.29 is 0 Å². The standard InChI is InChI=1S/C15H18ClN/c1-11-2-4-12(5-3-11)8-13-6-7-14(10-17)15(16)9-13/h6-7,9,11-12H,2-5,8H2,1H3/t11-,12-. The average Bonchev–Trinajstić information content (AvgIpc) is 2.32. The van der Waals surface area contributed by atoms with E-state index in [0.29, 0.717) is 10.6 Å². The molecule has 0 aromatic heterocycles. The second kappa shape index (κ2) is 5.56. The van der Waals surface area contributed by atoms with Crippen molar-refractivity contribution in [1.82, 2.24) is 0 Å². The fourth-order valence-electron chi connectivity index (χ4n) is 2.64. The zero-order valence-electron chi connectivity index (χ0n) is 10.2. The molecule has 90 valence electrons. The fraction of sp³-hybridized carbons (Fsp3) is 0.533. The molecular weight excluding hydrogens is 230 g/mol. The Hall–Kier alpha value is -1.00. The molecule has 1 fully saturated rings. The molecule has 1 aliphatic rings. The monoisotopic (exact) mass is 247 g/mol. The lowest BCUT2D eigenvalue weighted by Gasteiger charge is -2.26. The lowest BCUT2D eigenvalue weighted by Crippen LogP contribution is -2.14. The molecule has 0 saturated heterocycles. The molecule has 17 heavy (non-hydrogen) atoms. The van der Waals surface area contributed by atoms with Crippen molar-refractivity contribution in [3.63, 3.8) is 0 Å². The summed E-state index contributed by atoms with van der Waals surface area (Å²) in [6, 6.07) is 7.94. The van der Waals surface area contributed by atoms with Gasteiger partial charge >= 0.3 is 0 Å². The lowest BCUT2D eigenvalue weighted by molar-refractivity contribution is 0.289. The van der Waals surface area contributed by atoms with Crippen LogP contribution < -0.4 is 0 Å². The van der Waals surface area contributed by atoms with E-state index < -0.39 is 0 Å². The Kier molecular flexibility index (Phi) is 4.07. The highest BCUT2D eigenvalue weighted by Gasteiger charge is 2.18. The van der Waals surface area contributed by atoms with E-state index in [2.05, 4.69) is 13.0 Å². The summed E-state index contributed by atoms with van der Waals surface area (Å²) in [5.41, 5.74) is 1.85. The van der Waals surface area contributed by atoms with Gasteiger partial charge in [-0.15, -0.1) is 0 Å². The molecule has 1 aromatic carbocycles. The van der Waals surface area contributed by atoms with Crippen LogP contribution >= 0.6 is 11.6 Å². The first-order chi connectivity index (χ1) is 8.19. The molecule has 1 saturated carbocycles. The summed E-state index contributed by atoms with van der Waals surface area (Å²) in [6.07, 6.45) is 6.49. The Morgan fingerprint density at radius 3 is 2.59 bits per heavy atom. The third-order valence-corrected chi connectivity index (χ3v) is 4.13. The van der Waals surface area contributed by atoms with Gasteiger partial charge in [-0.05, 0) is 48.8 Å². The van der Waals surface area contributed by atoms with Gasteiger partial charge in [0.25, 0.3) is 0 Å². The van der Waals surface area contributed by atoms with Crippen molar-refractivity contribution in [1.29, 1.82) is 5.26 Å². The van der Waals surface area contributed by atoms with Crippen LogP contribution in [0.15, 0.2) is 18.2 Å². The molecule has 0 N–H and O–H groups in total. The SMILES string of the molecule is C[C@H]1CC[C@H](Cc2ccc(C#N)c(Cl)c2)CC1. The molecule has 1 aromatic rings. The van der Waals surface area contributed by atoms with Crippen LogP contribution in [0.25, 0.3) is 0 Å². The Morgan fingerprint density at radius 1 is 1.29 bits per heavy atom. The Labute approximate surface area is 108 Å². The Balaban J connectivity index is 2.00. The van der Waals surface area contributed by atoms with Gasteiger partial charge in [0.1, 0.15) is 6.07 Å². The maximum Gasteiger partial charge on any atom is 0.101 e. The van der Waals surface area contributed by atoms with Crippen molar-refractivity contribution in [2.75, 3.05) is 0 Å². The first-order valence-corrected chi connectivity index (χ1v) is 6.75. The first kappa shape index (κ1) is 12.5. The van der Waals surface area contributed by atoms with Crippen molar-refractivity contribution in [3.8, 4) is 6.07 Å². The molecule has 0 radical (unpaired) electrons. The molecule has 0 bridgehead atoms. The van der Waals surface area contributed by atoms with Crippen LogP contribution in [0.5, 0.6) is 0 Å². The molecule has 0 atom stereocenters. The van der Waals surface area contributed by atoms with Crippen molar-refractivity contribution in [2.45, 2.75) is 39.0 Å². The van der Waals surface area contributed by atoms with Crippen LogP contribution in [0.4, 0.5) is 0 Å². The molecule has 0 heterocycles. The van der Waals surface area contributed by atoms with E-state index >= 15 is 0 Å². The first-order valence-electron chi connectivity index (χ1n) is 6.37. The predicted molar refractivity (Wildman–Crippen MR) is 71.0 cm³/mol. The van der Waals surface area contributed by atoms with Gasteiger partial charge in [-0.1, -0.05) is 37.4 Å². The van der Waals surface area contributed by atoms with Gasteiger partial charge in [-0.2, -0.15) is 5.26 Å². The zero-order chi connectivity index (χ0) is 12.3. The van der Waals surface area contributed by atoms with Crippen LogP contribution in [0.3, 0.4) is 0 Å². The number of rotatable bonds is 2. The molecule has 2 rings (SSSR count). The minimum Gasteiger partial charge on any atom is -0.192 e. The smallest absolute Gasteiger partial charge is 0.101 e. The third kappa shape index (κ3) is 3.23. The molecule has 0 spiro atoms. The normalized spacial score (nSPS) is 24.3. The highest BCUT2D eigenvalue weighted by molar-refractivity contribution is 6.31. The van der Waals surface area contributed by atoms with E-state index in [-0.39, 0.29) is 0 Å². The van der Waals surface area contributed by atoms with Gasteiger partial charge in [-0.3, -0.25) is 0 Å². The number of hydrogen-bond acceptors (Lipinski definition) is 1. The van der Waals surface area contributed by atoms with Crippen LogP contribution in [0, 0.1) is 23.2 Å². The van der Waals surface area contributed by atoms with Gasteiger partial charge in [0.2, 0.25) is 0 Å². The third-order valence-electron chi connectivity index (χ3n) is 3.81. The molecule has 1 nitrogen and oxygen atoms in total. The number of nitrogens with zero attached hydrogens (tertiary/aromatic N) is 1. The summed E-state index contributed by atoms with van der Waals surface area (Å²) in [5.74, 6) is 1.70. The fourth-order valence-corrected chi connectivity index (χ4v) is 2.89. The van der Waals surface area contributed by atoms with Gasteiger partial charge in [0.15, 0.2) is 0 Å². The minimum atomic E-state index is 0.577. The molecule has 0 amide bonds. The maximum atomic E-state index is 8.83. The molecule has 0 unspecified atom stereocenters. The largest absolute Gasteiger partial charge is 0.192 e. The van der Waals surface area contributed by atoms with Crippen molar-refractivity contribution in [2.24, 2.45) is 11.8 Å². The summed E-state index contributed by atoms with van der Waals surface area (Å²) in [5, 5.41) is 9.42. The second-order valence-corrected chi connectivity index (χ2v) is 5.66. The highest BCUT2D eigenvalue weighted by atomic mass is 35.5. The van der Waals surface area contributed by atoms with E-state index in [0.717, 1.165) is 18.3 Å². The molecule has 0 aliphatic heterocycles.